The van der Waals surface area contributed by atoms with E-state index in [0.29, 0.717) is 0 Å². The number of fused-ring (bicyclic) bond motifs is 1. The van der Waals surface area contributed by atoms with Gasteiger partial charge in [-0.05, 0) is 30.3 Å². The fourth-order valence-electron chi connectivity index (χ4n) is 2.99. The van der Waals surface area contributed by atoms with Gasteiger partial charge in [-0.1, -0.05) is 18.2 Å². The quantitative estimate of drug-likeness (QED) is 0.705. The summed E-state index contributed by atoms with van der Waals surface area (Å²) in [6.07, 6.45) is 1.72. The fourth-order valence-corrected chi connectivity index (χ4v) is 3.89. The topological polar surface area (TPSA) is 51.6 Å². The number of thioether (sulfide) groups is 1. The minimum Gasteiger partial charge on any atom is -0.494 e. The molecule has 3 aromatic rings. The molecule has 0 amide bonds. The lowest BCUT2D eigenvalue weighted by molar-refractivity contribution is 0.457. The van der Waals surface area contributed by atoms with Crippen LogP contribution in [-0.4, -0.2) is 40.9 Å². The van der Waals surface area contributed by atoms with Crippen molar-refractivity contribution in [2.75, 3.05) is 29.5 Å². The molecule has 1 aliphatic heterocycles. The molecule has 2 heterocycles. The number of nitrogens with one attached hydrogen (secondary N) is 1. The molecule has 0 spiro atoms. The van der Waals surface area contributed by atoms with Gasteiger partial charge in [0.15, 0.2) is 5.88 Å². The zero-order valence-corrected chi connectivity index (χ0v) is 14.1. The normalized spacial score (nSPS) is 15.4. The zero-order valence-electron chi connectivity index (χ0n) is 13.3. The van der Waals surface area contributed by atoms with E-state index in [9.17, 15) is 5.11 Å². The Balaban J connectivity index is 1.56. The van der Waals surface area contributed by atoms with Gasteiger partial charge in [0.05, 0.1) is 11.3 Å². The second-order valence-electron chi connectivity index (χ2n) is 5.81. The summed E-state index contributed by atoms with van der Waals surface area (Å²) in [5.41, 5.74) is 3.77. The number of aliphatic imine (C=N–C) groups is 1. The number of hydrogen-bond acceptors (Lipinski definition) is 4. The minimum absolute atomic E-state index is 0.155. The Kier molecular flexibility index (Phi) is 4.17. The van der Waals surface area contributed by atoms with Crippen molar-refractivity contribution in [3.05, 3.63) is 54.1 Å². The van der Waals surface area contributed by atoms with Gasteiger partial charge >= 0.3 is 0 Å². The molecule has 4 rings (SSSR count). The summed E-state index contributed by atoms with van der Waals surface area (Å²) in [4.78, 5) is 9.90. The lowest BCUT2D eigenvalue weighted by Gasteiger charge is -2.28. The average molecular weight is 337 g/mol. The van der Waals surface area contributed by atoms with Crippen LogP contribution in [0, 0.1) is 0 Å². The van der Waals surface area contributed by atoms with Gasteiger partial charge in [0.25, 0.3) is 0 Å². The van der Waals surface area contributed by atoms with Gasteiger partial charge in [0.1, 0.15) is 0 Å². The molecule has 0 atom stereocenters. The number of anilines is 1. The molecule has 1 aromatic heterocycles. The van der Waals surface area contributed by atoms with Crippen molar-refractivity contribution in [2.24, 2.45) is 4.99 Å². The first-order chi connectivity index (χ1) is 11.8. The van der Waals surface area contributed by atoms with E-state index in [2.05, 4.69) is 27.0 Å². The lowest BCUT2D eigenvalue weighted by atomic mass is 10.2. The van der Waals surface area contributed by atoms with Crippen molar-refractivity contribution in [2.45, 2.75) is 0 Å². The number of aromatic amines is 1. The highest BCUT2D eigenvalue weighted by atomic mass is 32.2. The van der Waals surface area contributed by atoms with Crippen LogP contribution in [0.2, 0.25) is 0 Å². The Labute approximate surface area is 145 Å². The molecule has 0 radical (unpaired) electrons. The van der Waals surface area contributed by atoms with Crippen LogP contribution in [0.25, 0.3) is 10.9 Å². The summed E-state index contributed by atoms with van der Waals surface area (Å²) >= 11 is 2.01. The molecule has 0 aliphatic carbocycles. The van der Waals surface area contributed by atoms with E-state index in [4.69, 9.17) is 0 Å². The third kappa shape index (κ3) is 2.99. The molecule has 1 aliphatic rings. The smallest absolute Gasteiger partial charge is 0.198 e. The molecule has 1 fully saturated rings. The van der Waals surface area contributed by atoms with E-state index in [-0.39, 0.29) is 5.88 Å². The predicted molar refractivity (Wildman–Crippen MR) is 103 cm³/mol. The summed E-state index contributed by atoms with van der Waals surface area (Å²) in [5, 5.41) is 11.0. The molecule has 0 unspecified atom stereocenters. The van der Waals surface area contributed by atoms with Gasteiger partial charge in [-0.25, -0.2) is 0 Å². The highest BCUT2D eigenvalue weighted by Gasteiger charge is 2.11. The van der Waals surface area contributed by atoms with E-state index in [0.717, 1.165) is 35.2 Å². The van der Waals surface area contributed by atoms with Crippen LogP contribution in [0.4, 0.5) is 11.4 Å². The molecule has 4 nitrogen and oxygen atoms in total. The van der Waals surface area contributed by atoms with E-state index >= 15 is 0 Å². The molecular weight excluding hydrogens is 318 g/mol. The van der Waals surface area contributed by atoms with Crippen LogP contribution in [0.5, 0.6) is 5.88 Å². The van der Waals surface area contributed by atoms with Gasteiger partial charge in [-0.3, -0.25) is 4.99 Å². The molecule has 1 saturated heterocycles. The van der Waals surface area contributed by atoms with Crippen LogP contribution in [0.1, 0.15) is 5.56 Å². The predicted octanol–water partition coefficient (Wildman–Crippen LogP) is 4.18. The van der Waals surface area contributed by atoms with Crippen molar-refractivity contribution in [1.29, 1.82) is 0 Å². The highest BCUT2D eigenvalue weighted by molar-refractivity contribution is 7.99. The third-order valence-corrected chi connectivity index (χ3v) is 5.24. The molecule has 122 valence electrons. The summed E-state index contributed by atoms with van der Waals surface area (Å²) in [6.45, 7) is 2.22. The monoisotopic (exact) mass is 337 g/mol. The lowest BCUT2D eigenvalue weighted by Crippen LogP contribution is -2.32. The number of nitrogens with zero attached hydrogens (tertiary/aromatic N) is 2. The number of aromatic hydroxyl groups is 1. The van der Waals surface area contributed by atoms with Crippen molar-refractivity contribution in [3.8, 4) is 5.88 Å². The molecule has 5 heteroatoms. The minimum atomic E-state index is 0.155. The Morgan fingerprint density at radius 2 is 1.79 bits per heavy atom. The van der Waals surface area contributed by atoms with Gasteiger partial charge < -0.3 is 15.0 Å². The van der Waals surface area contributed by atoms with Crippen LogP contribution >= 0.6 is 11.8 Å². The number of aromatic nitrogens is 1. The van der Waals surface area contributed by atoms with Crippen LogP contribution in [0.3, 0.4) is 0 Å². The van der Waals surface area contributed by atoms with Crippen LogP contribution < -0.4 is 4.90 Å². The maximum atomic E-state index is 10.1. The molecular formula is C19H19N3OS. The second-order valence-corrected chi connectivity index (χ2v) is 7.03. The summed E-state index contributed by atoms with van der Waals surface area (Å²) in [6, 6.07) is 16.1. The van der Waals surface area contributed by atoms with E-state index < -0.39 is 0 Å². The maximum Gasteiger partial charge on any atom is 0.198 e. The fraction of sp³-hybridized carbons (Fsp3) is 0.211. The largest absolute Gasteiger partial charge is 0.494 e. The Hall–Kier alpha value is -2.40. The highest BCUT2D eigenvalue weighted by Crippen LogP contribution is 2.27. The molecule has 2 aromatic carbocycles. The van der Waals surface area contributed by atoms with Gasteiger partial charge in [-0.15, -0.1) is 0 Å². The average Bonchev–Trinajstić information content (AvgIpc) is 2.96. The number of para-hydroxylation sites is 1. The Morgan fingerprint density at radius 1 is 1.04 bits per heavy atom. The Bertz CT molecular complexity index is 864. The number of hydrogen-bond donors (Lipinski definition) is 2. The molecule has 24 heavy (non-hydrogen) atoms. The maximum absolute atomic E-state index is 10.1. The molecule has 0 bridgehead atoms. The number of benzene rings is 2. The number of H-pyrrole nitrogens is 1. The van der Waals surface area contributed by atoms with E-state index in [1.807, 2.05) is 48.2 Å². The second kappa shape index (κ2) is 6.61. The standard InChI is InChI=1S/C19H19N3OS/c23-19-17(16-3-1-2-4-18(16)21-19)13-20-14-5-7-15(8-6-14)22-9-11-24-12-10-22/h1-8,13,21,23H,9-12H2. The summed E-state index contributed by atoms with van der Waals surface area (Å²) in [5.74, 6) is 2.54. The van der Waals surface area contributed by atoms with E-state index in [1.54, 1.807) is 6.21 Å². The first-order valence-corrected chi connectivity index (χ1v) is 9.23. The van der Waals surface area contributed by atoms with Crippen LogP contribution in [-0.2, 0) is 0 Å². The molecule has 0 saturated carbocycles. The Morgan fingerprint density at radius 3 is 2.58 bits per heavy atom. The van der Waals surface area contributed by atoms with Crippen LogP contribution in [0.15, 0.2) is 53.5 Å². The zero-order chi connectivity index (χ0) is 16.4. The van der Waals surface area contributed by atoms with Crippen molar-refractivity contribution >= 4 is 40.3 Å². The van der Waals surface area contributed by atoms with E-state index in [1.165, 1.54) is 17.2 Å². The van der Waals surface area contributed by atoms with Gasteiger partial charge in [0, 0.05) is 47.4 Å². The molecule has 2 N–H and O–H groups in total. The van der Waals surface area contributed by atoms with Gasteiger partial charge in [-0.2, -0.15) is 11.8 Å². The van der Waals surface area contributed by atoms with Crippen molar-refractivity contribution < 1.29 is 5.11 Å². The summed E-state index contributed by atoms with van der Waals surface area (Å²) in [7, 11) is 0. The summed E-state index contributed by atoms with van der Waals surface area (Å²) < 4.78 is 0. The first-order valence-electron chi connectivity index (χ1n) is 8.08. The third-order valence-electron chi connectivity index (χ3n) is 4.29. The number of rotatable bonds is 3. The van der Waals surface area contributed by atoms with Crippen molar-refractivity contribution in [1.82, 2.24) is 4.98 Å². The SMILES string of the molecule is Oc1[nH]c2ccccc2c1C=Nc1ccc(N2CCSCC2)cc1. The van der Waals surface area contributed by atoms with Crippen molar-refractivity contribution in [3.63, 3.8) is 0 Å². The van der Waals surface area contributed by atoms with Gasteiger partial charge in [0.2, 0.25) is 0 Å². The first kappa shape index (κ1) is 15.1.